The Balaban J connectivity index is 1.81. The van der Waals surface area contributed by atoms with Crippen LogP contribution in [0.4, 0.5) is 5.69 Å². The summed E-state index contributed by atoms with van der Waals surface area (Å²) in [6.07, 6.45) is 9.12. The van der Waals surface area contributed by atoms with E-state index in [1.165, 1.54) is 11.1 Å². The Bertz CT molecular complexity index is 1100. The van der Waals surface area contributed by atoms with Crippen molar-refractivity contribution in [2.45, 2.75) is 51.7 Å². The number of aliphatic hydroxyl groups is 1. The van der Waals surface area contributed by atoms with Gasteiger partial charge in [0.2, 0.25) is 0 Å². The highest BCUT2D eigenvalue weighted by atomic mass is 16.5. The minimum absolute atomic E-state index is 0.0894. The number of hydrogen-bond acceptors (Lipinski definition) is 4. The van der Waals surface area contributed by atoms with E-state index in [1.807, 2.05) is 18.2 Å². The van der Waals surface area contributed by atoms with Gasteiger partial charge in [0, 0.05) is 22.2 Å². The summed E-state index contributed by atoms with van der Waals surface area (Å²) < 4.78 is 12.5. The molecule has 0 bridgehead atoms. The van der Waals surface area contributed by atoms with Crippen LogP contribution in [0.5, 0.6) is 11.5 Å². The topological polar surface area (TPSA) is 50.7 Å². The van der Waals surface area contributed by atoms with E-state index in [2.05, 4.69) is 56.4 Å². The highest BCUT2D eigenvalue weighted by molar-refractivity contribution is 5.91. The van der Waals surface area contributed by atoms with Crippen molar-refractivity contribution in [2.75, 3.05) is 19.0 Å². The zero-order valence-corrected chi connectivity index (χ0v) is 18.8. The number of nitrogens with one attached hydrogen (secondary N) is 1. The first-order valence-electron chi connectivity index (χ1n) is 11.1. The van der Waals surface area contributed by atoms with Crippen LogP contribution in [0.2, 0.25) is 0 Å². The minimum atomic E-state index is -0.355. The molecule has 0 spiro atoms. The number of allylic oxidation sites excluding steroid dienone is 3. The quantitative estimate of drug-likeness (QED) is 0.591. The smallest absolute Gasteiger partial charge is 0.133 e. The maximum absolute atomic E-state index is 10.7. The summed E-state index contributed by atoms with van der Waals surface area (Å²) in [4.78, 5) is 0. The number of ether oxygens (including phenoxy) is 2. The molecule has 0 fully saturated rings. The molecule has 2 aliphatic heterocycles. The molecular formula is C27H31NO3. The summed E-state index contributed by atoms with van der Waals surface area (Å²) in [6.45, 7) is 6.65. The lowest BCUT2D eigenvalue weighted by Crippen LogP contribution is -2.40. The fourth-order valence-electron chi connectivity index (χ4n) is 5.67. The second-order valence-corrected chi connectivity index (χ2v) is 9.69. The number of methoxy groups -OCH3 is 1. The molecule has 1 aliphatic carbocycles. The first kappa shape index (κ1) is 20.2. The molecule has 0 aromatic heterocycles. The number of anilines is 1. The van der Waals surface area contributed by atoms with Crippen LogP contribution in [-0.4, -0.2) is 24.4 Å². The largest absolute Gasteiger partial charge is 0.496 e. The molecule has 2 N–H and O–H groups in total. The van der Waals surface area contributed by atoms with E-state index < -0.39 is 0 Å². The Morgan fingerprint density at radius 3 is 2.71 bits per heavy atom. The fraction of sp³-hybridized carbons (Fsp3) is 0.407. The lowest BCUT2D eigenvalue weighted by atomic mass is 9.67. The molecule has 0 radical (unpaired) electrons. The lowest BCUT2D eigenvalue weighted by Gasteiger charge is -2.45. The summed E-state index contributed by atoms with van der Waals surface area (Å²) in [5.41, 5.74) is 6.38. The van der Waals surface area contributed by atoms with E-state index in [0.29, 0.717) is 0 Å². The van der Waals surface area contributed by atoms with Gasteiger partial charge in [-0.05, 0) is 69.4 Å². The average molecular weight is 418 g/mol. The zero-order valence-electron chi connectivity index (χ0n) is 18.8. The number of fused-ring (bicyclic) bond motifs is 5. The highest BCUT2D eigenvalue weighted by Gasteiger charge is 2.46. The Hall–Kier alpha value is -2.72. The van der Waals surface area contributed by atoms with Crippen molar-refractivity contribution in [3.63, 3.8) is 0 Å². The summed E-state index contributed by atoms with van der Waals surface area (Å²) in [5.74, 6) is 1.63. The zero-order chi connectivity index (χ0) is 21.8. The monoisotopic (exact) mass is 417 g/mol. The summed E-state index contributed by atoms with van der Waals surface area (Å²) in [5, 5.41) is 14.3. The van der Waals surface area contributed by atoms with Gasteiger partial charge in [-0.25, -0.2) is 0 Å². The molecule has 0 saturated heterocycles. The molecule has 2 atom stereocenters. The van der Waals surface area contributed by atoms with Gasteiger partial charge in [-0.3, -0.25) is 0 Å². The van der Waals surface area contributed by atoms with Gasteiger partial charge in [0.25, 0.3) is 0 Å². The molecular weight excluding hydrogens is 386 g/mol. The normalized spacial score (nSPS) is 25.3. The minimum Gasteiger partial charge on any atom is -0.496 e. The number of rotatable bonds is 3. The van der Waals surface area contributed by atoms with E-state index in [4.69, 9.17) is 9.47 Å². The molecule has 2 aromatic carbocycles. The van der Waals surface area contributed by atoms with Crippen LogP contribution in [0.1, 0.15) is 57.3 Å². The van der Waals surface area contributed by atoms with Crippen molar-refractivity contribution >= 4 is 11.3 Å². The third-order valence-corrected chi connectivity index (χ3v) is 7.03. The molecule has 2 heterocycles. The molecule has 1 unspecified atom stereocenters. The van der Waals surface area contributed by atoms with Gasteiger partial charge in [-0.15, -0.1) is 0 Å². The molecule has 2 aromatic rings. The van der Waals surface area contributed by atoms with Gasteiger partial charge in [0.05, 0.1) is 24.8 Å². The average Bonchev–Trinajstić information content (AvgIpc) is 2.77. The van der Waals surface area contributed by atoms with Crippen molar-refractivity contribution in [1.29, 1.82) is 0 Å². The Labute approximate surface area is 184 Å². The summed E-state index contributed by atoms with van der Waals surface area (Å²) in [7, 11) is 1.70. The van der Waals surface area contributed by atoms with Gasteiger partial charge in [-0.1, -0.05) is 30.4 Å². The highest BCUT2D eigenvalue weighted by Crippen LogP contribution is 2.57. The van der Waals surface area contributed by atoms with Crippen molar-refractivity contribution < 1.29 is 14.6 Å². The maximum Gasteiger partial charge on any atom is 0.133 e. The molecule has 5 rings (SSSR count). The van der Waals surface area contributed by atoms with E-state index in [9.17, 15) is 5.11 Å². The SMILES string of the molecule is COc1cccc2c1-c1ccc3c(c1[C@@H](C1(CO)CC=CCC1)O2)C(C)=CC(C)(C)N3. The Kier molecular flexibility index (Phi) is 4.67. The second-order valence-electron chi connectivity index (χ2n) is 9.69. The van der Waals surface area contributed by atoms with E-state index in [-0.39, 0.29) is 23.7 Å². The second kappa shape index (κ2) is 7.16. The van der Waals surface area contributed by atoms with Gasteiger partial charge in [0.15, 0.2) is 0 Å². The van der Waals surface area contributed by atoms with Crippen LogP contribution in [-0.2, 0) is 0 Å². The molecule has 31 heavy (non-hydrogen) atoms. The predicted molar refractivity (Wildman–Crippen MR) is 126 cm³/mol. The Morgan fingerprint density at radius 1 is 1.16 bits per heavy atom. The molecule has 4 heteroatoms. The molecule has 0 saturated carbocycles. The fourth-order valence-corrected chi connectivity index (χ4v) is 5.67. The third-order valence-electron chi connectivity index (χ3n) is 7.03. The van der Waals surface area contributed by atoms with Crippen molar-refractivity contribution in [2.24, 2.45) is 5.41 Å². The predicted octanol–water partition coefficient (Wildman–Crippen LogP) is 6.12. The third kappa shape index (κ3) is 3.08. The van der Waals surface area contributed by atoms with E-state index >= 15 is 0 Å². The van der Waals surface area contributed by atoms with Crippen LogP contribution in [0.3, 0.4) is 0 Å². The molecule has 4 nitrogen and oxygen atoms in total. The van der Waals surface area contributed by atoms with Gasteiger partial charge >= 0.3 is 0 Å². The lowest BCUT2D eigenvalue weighted by molar-refractivity contribution is -0.0120. The maximum atomic E-state index is 10.7. The summed E-state index contributed by atoms with van der Waals surface area (Å²) in [6, 6.07) is 10.3. The van der Waals surface area contributed by atoms with Crippen LogP contribution >= 0.6 is 0 Å². The van der Waals surface area contributed by atoms with Crippen LogP contribution in [0.15, 0.2) is 48.6 Å². The number of aliphatic hydroxyl groups excluding tert-OH is 1. The van der Waals surface area contributed by atoms with Crippen molar-refractivity contribution in [3.05, 3.63) is 59.7 Å². The molecule has 3 aliphatic rings. The van der Waals surface area contributed by atoms with Crippen molar-refractivity contribution in [1.82, 2.24) is 0 Å². The van der Waals surface area contributed by atoms with Gasteiger partial charge in [0.1, 0.15) is 17.6 Å². The molecule has 0 amide bonds. The van der Waals surface area contributed by atoms with Crippen LogP contribution < -0.4 is 14.8 Å². The van der Waals surface area contributed by atoms with Gasteiger partial charge in [-0.2, -0.15) is 0 Å². The van der Waals surface area contributed by atoms with E-state index in [0.717, 1.165) is 53.1 Å². The van der Waals surface area contributed by atoms with Crippen LogP contribution in [0.25, 0.3) is 16.7 Å². The van der Waals surface area contributed by atoms with Gasteiger partial charge < -0.3 is 19.9 Å². The van der Waals surface area contributed by atoms with E-state index in [1.54, 1.807) is 7.11 Å². The summed E-state index contributed by atoms with van der Waals surface area (Å²) >= 11 is 0. The first-order chi connectivity index (χ1) is 14.9. The van der Waals surface area contributed by atoms with Crippen LogP contribution in [0, 0.1) is 5.41 Å². The number of hydrogen-bond donors (Lipinski definition) is 2. The number of benzene rings is 2. The Morgan fingerprint density at radius 2 is 2.00 bits per heavy atom. The van der Waals surface area contributed by atoms with Crippen molar-refractivity contribution in [3.8, 4) is 22.6 Å². The standard InChI is InChI=1S/C27H31NO3/c1-17-15-26(2,3)28-19-12-11-18-23-20(30-4)9-8-10-21(23)31-25(24(18)22(17)19)27(16-29)13-6-5-7-14-27/h5-6,8-12,15,25,28-29H,7,13-14,16H2,1-4H3/t25-,27?/m0/s1. The molecule has 162 valence electrons. The first-order valence-corrected chi connectivity index (χ1v) is 11.1.